The number of piperidine rings is 1. The minimum absolute atomic E-state index is 0.153. The molecule has 3 nitrogen and oxygen atoms in total. The Labute approximate surface area is 93.2 Å². The van der Waals surface area contributed by atoms with E-state index in [0.717, 1.165) is 19.7 Å². The summed E-state index contributed by atoms with van der Waals surface area (Å²) in [7, 11) is 0. The Bertz CT molecular complexity index is 206. The van der Waals surface area contributed by atoms with E-state index in [0.29, 0.717) is 5.54 Å². The molecule has 0 aromatic carbocycles. The maximum absolute atomic E-state index is 5.98. The molecule has 0 radical (unpaired) electrons. The van der Waals surface area contributed by atoms with Gasteiger partial charge in [0.25, 0.3) is 0 Å². The molecule has 0 amide bonds. The lowest BCUT2D eigenvalue weighted by molar-refractivity contribution is -0.109. The Balaban J connectivity index is 1.91. The van der Waals surface area contributed by atoms with Gasteiger partial charge in [-0.25, -0.2) is 0 Å². The standard InChI is InChI=1S/C12H24N2O/c1-11(2,3)14-7-4-12(5-8-14)10-13-6-9-15-12/h13H,4-10H2,1-3H3. The maximum Gasteiger partial charge on any atom is 0.0831 e. The van der Waals surface area contributed by atoms with Crippen LogP contribution in [0.15, 0.2) is 0 Å². The second-order valence-electron chi connectivity index (χ2n) is 5.87. The van der Waals surface area contributed by atoms with Gasteiger partial charge in [0, 0.05) is 31.7 Å². The molecule has 3 heteroatoms. The van der Waals surface area contributed by atoms with Gasteiger partial charge in [0.15, 0.2) is 0 Å². The van der Waals surface area contributed by atoms with Gasteiger partial charge in [-0.05, 0) is 33.6 Å². The third kappa shape index (κ3) is 2.52. The summed E-state index contributed by atoms with van der Waals surface area (Å²) in [6.45, 7) is 12.2. The summed E-state index contributed by atoms with van der Waals surface area (Å²) in [6, 6.07) is 0. The van der Waals surface area contributed by atoms with Crippen LogP contribution in [0.5, 0.6) is 0 Å². The Morgan fingerprint density at radius 2 is 1.87 bits per heavy atom. The second kappa shape index (κ2) is 4.04. The van der Waals surface area contributed by atoms with Crippen molar-refractivity contribution in [3.8, 4) is 0 Å². The molecular weight excluding hydrogens is 188 g/mol. The monoisotopic (exact) mass is 212 g/mol. The largest absolute Gasteiger partial charge is 0.372 e. The quantitative estimate of drug-likeness (QED) is 0.654. The van der Waals surface area contributed by atoms with Crippen molar-refractivity contribution in [2.45, 2.75) is 44.8 Å². The van der Waals surface area contributed by atoms with E-state index in [1.54, 1.807) is 0 Å². The number of rotatable bonds is 0. The highest BCUT2D eigenvalue weighted by molar-refractivity contribution is 4.94. The van der Waals surface area contributed by atoms with Crippen LogP contribution in [0, 0.1) is 0 Å². The van der Waals surface area contributed by atoms with E-state index in [4.69, 9.17) is 4.74 Å². The molecular formula is C12H24N2O. The van der Waals surface area contributed by atoms with Gasteiger partial charge in [-0.3, -0.25) is 4.90 Å². The van der Waals surface area contributed by atoms with Gasteiger partial charge in [0.05, 0.1) is 12.2 Å². The summed E-state index contributed by atoms with van der Waals surface area (Å²) in [5, 5.41) is 3.46. The first-order chi connectivity index (χ1) is 7.02. The van der Waals surface area contributed by atoms with Crippen molar-refractivity contribution < 1.29 is 4.74 Å². The van der Waals surface area contributed by atoms with E-state index < -0.39 is 0 Å². The first-order valence-electron chi connectivity index (χ1n) is 6.12. The molecule has 88 valence electrons. The topological polar surface area (TPSA) is 24.5 Å². The predicted molar refractivity (Wildman–Crippen MR) is 62.1 cm³/mol. The van der Waals surface area contributed by atoms with Gasteiger partial charge < -0.3 is 10.1 Å². The molecule has 15 heavy (non-hydrogen) atoms. The molecule has 2 heterocycles. The average Bonchev–Trinajstić information content (AvgIpc) is 2.18. The first kappa shape index (κ1) is 11.4. The lowest BCUT2D eigenvalue weighted by atomic mass is 9.88. The predicted octanol–water partition coefficient (Wildman–Crippen LogP) is 1.24. The van der Waals surface area contributed by atoms with E-state index in [1.165, 1.54) is 25.9 Å². The van der Waals surface area contributed by atoms with Gasteiger partial charge in [0.2, 0.25) is 0 Å². The van der Waals surface area contributed by atoms with Gasteiger partial charge in [-0.15, -0.1) is 0 Å². The first-order valence-corrected chi connectivity index (χ1v) is 6.12. The number of hydrogen-bond acceptors (Lipinski definition) is 3. The normalized spacial score (nSPS) is 28.2. The Morgan fingerprint density at radius 3 is 2.33 bits per heavy atom. The third-order valence-corrected chi connectivity index (χ3v) is 3.76. The van der Waals surface area contributed by atoms with E-state index >= 15 is 0 Å². The fraction of sp³-hybridized carbons (Fsp3) is 1.00. The smallest absolute Gasteiger partial charge is 0.0831 e. The number of ether oxygens (including phenoxy) is 1. The van der Waals surface area contributed by atoms with E-state index in [1.807, 2.05) is 0 Å². The molecule has 2 aliphatic rings. The van der Waals surface area contributed by atoms with E-state index in [-0.39, 0.29) is 5.60 Å². The summed E-state index contributed by atoms with van der Waals surface area (Å²) in [6.07, 6.45) is 2.36. The summed E-state index contributed by atoms with van der Waals surface area (Å²) in [5.74, 6) is 0. The molecule has 0 unspecified atom stereocenters. The molecule has 2 aliphatic heterocycles. The number of morpholine rings is 1. The maximum atomic E-state index is 5.98. The highest BCUT2D eigenvalue weighted by atomic mass is 16.5. The van der Waals surface area contributed by atoms with Crippen molar-refractivity contribution >= 4 is 0 Å². The van der Waals surface area contributed by atoms with Gasteiger partial charge >= 0.3 is 0 Å². The molecule has 0 atom stereocenters. The highest BCUT2D eigenvalue weighted by Gasteiger charge is 2.39. The lowest BCUT2D eigenvalue weighted by Crippen LogP contribution is -2.58. The molecule has 1 spiro atoms. The van der Waals surface area contributed by atoms with Crippen LogP contribution in [0.1, 0.15) is 33.6 Å². The van der Waals surface area contributed by atoms with Crippen LogP contribution in [-0.4, -0.2) is 48.8 Å². The van der Waals surface area contributed by atoms with E-state index in [2.05, 4.69) is 31.0 Å². The average molecular weight is 212 g/mol. The van der Waals surface area contributed by atoms with Crippen LogP contribution in [0.3, 0.4) is 0 Å². The highest BCUT2D eigenvalue weighted by Crippen LogP contribution is 2.30. The van der Waals surface area contributed by atoms with Gasteiger partial charge in [-0.1, -0.05) is 0 Å². The molecule has 2 saturated heterocycles. The zero-order valence-electron chi connectivity index (χ0n) is 10.3. The van der Waals surface area contributed by atoms with E-state index in [9.17, 15) is 0 Å². The van der Waals surface area contributed by atoms with Crippen molar-refractivity contribution in [3.63, 3.8) is 0 Å². The number of hydrogen-bond donors (Lipinski definition) is 1. The molecule has 0 aromatic heterocycles. The molecule has 0 saturated carbocycles. The SMILES string of the molecule is CC(C)(C)N1CCC2(CC1)CNCCO2. The molecule has 1 N–H and O–H groups in total. The lowest BCUT2D eigenvalue weighted by Gasteiger charge is -2.47. The van der Waals surface area contributed by atoms with Gasteiger partial charge in [0.1, 0.15) is 0 Å². The Kier molecular flexibility index (Phi) is 3.06. The number of nitrogens with one attached hydrogen (secondary N) is 1. The van der Waals surface area contributed by atoms with Crippen LogP contribution in [-0.2, 0) is 4.74 Å². The van der Waals surface area contributed by atoms with Gasteiger partial charge in [-0.2, -0.15) is 0 Å². The van der Waals surface area contributed by atoms with Crippen LogP contribution in [0.4, 0.5) is 0 Å². The van der Waals surface area contributed by atoms with Crippen LogP contribution in [0.25, 0.3) is 0 Å². The molecule has 0 aliphatic carbocycles. The van der Waals surface area contributed by atoms with Crippen molar-refractivity contribution in [1.29, 1.82) is 0 Å². The summed E-state index contributed by atoms with van der Waals surface area (Å²) >= 11 is 0. The minimum atomic E-state index is 0.153. The minimum Gasteiger partial charge on any atom is -0.372 e. The third-order valence-electron chi connectivity index (χ3n) is 3.76. The number of likely N-dealkylation sites (tertiary alicyclic amines) is 1. The summed E-state index contributed by atoms with van der Waals surface area (Å²) in [5.41, 5.74) is 0.462. The zero-order valence-corrected chi connectivity index (χ0v) is 10.3. The van der Waals surface area contributed by atoms with Crippen LogP contribution >= 0.6 is 0 Å². The fourth-order valence-electron chi connectivity index (χ4n) is 2.61. The van der Waals surface area contributed by atoms with Crippen molar-refractivity contribution in [1.82, 2.24) is 10.2 Å². The fourth-order valence-corrected chi connectivity index (χ4v) is 2.61. The molecule has 0 aromatic rings. The Morgan fingerprint density at radius 1 is 1.20 bits per heavy atom. The number of nitrogens with zero attached hydrogens (tertiary/aromatic N) is 1. The Hall–Kier alpha value is -0.120. The second-order valence-corrected chi connectivity index (χ2v) is 5.87. The van der Waals surface area contributed by atoms with Crippen LogP contribution < -0.4 is 5.32 Å². The molecule has 0 bridgehead atoms. The van der Waals surface area contributed by atoms with Crippen molar-refractivity contribution in [3.05, 3.63) is 0 Å². The van der Waals surface area contributed by atoms with Crippen molar-refractivity contribution in [2.24, 2.45) is 0 Å². The molecule has 2 fully saturated rings. The molecule has 2 rings (SSSR count). The van der Waals surface area contributed by atoms with Crippen LogP contribution in [0.2, 0.25) is 0 Å². The summed E-state index contributed by atoms with van der Waals surface area (Å²) in [4.78, 5) is 2.57. The zero-order chi connectivity index (χ0) is 10.9. The summed E-state index contributed by atoms with van der Waals surface area (Å²) < 4.78 is 5.98. The van der Waals surface area contributed by atoms with Crippen molar-refractivity contribution in [2.75, 3.05) is 32.8 Å².